The van der Waals surface area contributed by atoms with Gasteiger partial charge in [0.25, 0.3) is 0 Å². The lowest BCUT2D eigenvalue weighted by molar-refractivity contribution is -0.112. The Bertz CT molecular complexity index is 1060. The number of Topliss-reactive ketones (excluding diaryl/α,β-unsaturated/α-hetero) is 1. The third kappa shape index (κ3) is 7.34. The lowest BCUT2D eigenvalue weighted by atomic mass is 9.78. The molecule has 0 saturated heterocycles. The van der Waals surface area contributed by atoms with Crippen molar-refractivity contribution in [2.24, 2.45) is 0 Å². The summed E-state index contributed by atoms with van der Waals surface area (Å²) in [5, 5.41) is 0. The number of allylic oxidation sites excluding steroid dienone is 2. The van der Waals surface area contributed by atoms with Crippen molar-refractivity contribution >= 4 is 17.9 Å². The Hall–Kier alpha value is -2.41. The van der Waals surface area contributed by atoms with Crippen LogP contribution in [0, 0.1) is 0 Å². The summed E-state index contributed by atoms with van der Waals surface area (Å²) in [5.74, 6) is 0.211. The second kappa shape index (κ2) is 10.0. The molecule has 0 N–H and O–H groups in total. The Balaban J connectivity index is 2.06. The van der Waals surface area contributed by atoms with Crippen molar-refractivity contribution in [3.63, 3.8) is 0 Å². The molecule has 0 unspecified atom stereocenters. The molecule has 1 aliphatic carbocycles. The zero-order chi connectivity index (χ0) is 28.0. The Kier molecular flexibility index (Phi) is 7.92. The largest absolute Gasteiger partial charge is 0.289 e. The fraction of sp³-hybridized carbons (Fsp3) is 0.528. The molecule has 0 bridgehead atoms. The van der Waals surface area contributed by atoms with Gasteiger partial charge in [-0.1, -0.05) is 119 Å². The minimum Gasteiger partial charge on any atom is -0.289 e. The summed E-state index contributed by atoms with van der Waals surface area (Å²) < 4.78 is 0. The van der Waals surface area contributed by atoms with Gasteiger partial charge in [0.05, 0.1) is 0 Å². The molecule has 0 spiro atoms. The molecule has 2 aromatic rings. The van der Waals surface area contributed by atoms with E-state index in [1.165, 1.54) is 22.3 Å². The monoisotopic (exact) mass is 498 g/mol. The average Bonchev–Trinajstić information content (AvgIpc) is 2.74. The van der Waals surface area contributed by atoms with Crippen LogP contribution in [0.3, 0.4) is 0 Å². The zero-order valence-corrected chi connectivity index (χ0v) is 25.6. The van der Waals surface area contributed by atoms with E-state index in [2.05, 4.69) is 132 Å². The maximum atomic E-state index is 13.7. The lowest BCUT2D eigenvalue weighted by Crippen LogP contribution is -2.17. The van der Waals surface area contributed by atoms with E-state index in [-0.39, 0.29) is 27.4 Å². The van der Waals surface area contributed by atoms with Crippen LogP contribution in [0.1, 0.15) is 136 Å². The van der Waals surface area contributed by atoms with Crippen molar-refractivity contribution in [2.45, 2.75) is 124 Å². The molecule has 0 aliphatic heterocycles. The summed E-state index contributed by atoms with van der Waals surface area (Å²) in [6.07, 6.45) is 7.02. The SMILES string of the molecule is CC(C)(C)c1cc(/C=C2\CCC/C(=C\c3cc(C(C)(C)C)cc(C(C)(C)C)c3)C2=O)cc(C(C)(C)C)c1. The van der Waals surface area contributed by atoms with E-state index in [0.29, 0.717) is 0 Å². The molecule has 1 saturated carbocycles. The van der Waals surface area contributed by atoms with Gasteiger partial charge in [0, 0.05) is 11.1 Å². The van der Waals surface area contributed by atoms with Crippen molar-refractivity contribution in [1.82, 2.24) is 0 Å². The number of carbonyl (C=O) groups is 1. The zero-order valence-electron chi connectivity index (χ0n) is 25.6. The average molecular weight is 499 g/mol. The molecule has 1 aliphatic rings. The van der Waals surface area contributed by atoms with Crippen LogP contribution in [-0.2, 0) is 26.5 Å². The molecular weight excluding hydrogens is 448 g/mol. The minimum atomic E-state index is 0.0546. The fourth-order valence-corrected chi connectivity index (χ4v) is 4.78. The fourth-order valence-electron chi connectivity index (χ4n) is 4.78. The van der Waals surface area contributed by atoms with Gasteiger partial charge < -0.3 is 0 Å². The standard InChI is InChI=1S/C36H50O/c1-33(2,3)28-18-24(19-29(22-28)34(4,5)6)16-26-14-13-15-27(32(26)37)17-25-20-30(35(7,8)9)23-31(21-25)36(10,11)12/h16-23H,13-15H2,1-12H3/b26-16+,27-17+. The highest BCUT2D eigenvalue weighted by atomic mass is 16.1. The van der Waals surface area contributed by atoms with Gasteiger partial charge in [0.15, 0.2) is 5.78 Å². The van der Waals surface area contributed by atoms with Crippen LogP contribution in [0.15, 0.2) is 47.5 Å². The molecule has 200 valence electrons. The van der Waals surface area contributed by atoms with E-state index in [1.807, 2.05) is 0 Å². The summed E-state index contributed by atoms with van der Waals surface area (Å²) in [5.41, 5.74) is 9.66. The summed E-state index contributed by atoms with van der Waals surface area (Å²) in [7, 11) is 0. The van der Waals surface area contributed by atoms with Crippen LogP contribution in [0.5, 0.6) is 0 Å². The number of carbonyl (C=O) groups excluding carboxylic acids is 1. The van der Waals surface area contributed by atoms with Gasteiger partial charge in [0.1, 0.15) is 0 Å². The molecule has 1 fully saturated rings. The molecule has 0 heterocycles. The lowest BCUT2D eigenvalue weighted by Gasteiger charge is -2.26. The third-order valence-corrected chi connectivity index (χ3v) is 7.53. The van der Waals surface area contributed by atoms with E-state index >= 15 is 0 Å². The number of ketones is 1. The normalized spacial score (nSPS) is 18.1. The maximum Gasteiger partial charge on any atom is 0.185 e. The summed E-state index contributed by atoms with van der Waals surface area (Å²) in [4.78, 5) is 13.7. The number of benzene rings is 2. The van der Waals surface area contributed by atoms with Crippen molar-refractivity contribution in [3.05, 3.63) is 80.9 Å². The molecule has 0 radical (unpaired) electrons. The van der Waals surface area contributed by atoms with E-state index in [1.54, 1.807) is 0 Å². The van der Waals surface area contributed by atoms with Crippen LogP contribution < -0.4 is 0 Å². The quantitative estimate of drug-likeness (QED) is 0.376. The molecule has 37 heavy (non-hydrogen) atoms. The molecule has 1 nitrogen and oxygen atoms in total. The molecule has 3 rings (SSSR count). The smallest absolute Gasteiger partial charge is 0.185 e. The van der Waals surface area contributed by atoms with Gasteiger partial charge in [-0.05, 0) is 86.5 Å². The predicted molar refractivity (Wildman–Crippen MR) is 162 cm³/mol. The third-order valence-electron chi connectivity index (χ3n) is 7.53. The number of hydrogen-bond acceptors (Lipinski definition) is 1. The number of rotatable bonds is 2. The molecule has 0 amide bonds. The first kappa shape index (κ1) is 29.2. The van der Waals surface area contributed by atoms with Crippen LogP contribution in [0.4, 0.5) is 0 Å². The molecule has 2 aromatic carbocycles. The Labute approximate surface area is 227 Å². The molecular formula is C36H50O. The predicted octanol–water partition coefficient (Wildman–Crippen LogP) is 10.1. The van der Waals surface area contributed by atoms with E-state index < -0.39 is 0 Å². The van der Waals surface area contributed by atoms with Crippen molar-refractivity contribution in [3.8, 4) is 0 Å². The molecule has 1 heteroatoms. The Morgan fingerprint density at radius 1 is 0.486 bits per heavy atom. The first-order chi connectivity index (χ1) is 16.7. The Morgan fingerprint density at radius 3 is 1.00 bits per heavy atom. The van der Waals surface area contributed by atoms with Gasteiger partial charge in [-0.3, -0.25) is 4.79 Å². The minimum absolute atomic E-state index is 0.0546. The topological polar surface area (TPSA) is 17.1 Å². The van der Waals surface area contributed by atoms with Crippen LogP contribution >= 0.6 is 0 Å². The number of hydrogen-bond donors (Lipinski definition) is 0. The summed E-state index contributed by atoms with van der Waals surface area (Å²) in [6.45, 7) is 27.1. The van der Waals surface area contributed by atoms with Crippen molar-refractivity contribution < 1.29 is 4.79 Å². The van der Waals surface area contributed by atoms with E-state index in [0.717, 1.165) is 41.5 Å². The van der Waals surface area contributed by atoms with Crippen molar-refractivity contribution in [2.75, 3.05) is 0 Å². The highest BCUT2D eigenvalue weighted by Crippen LogP contribution is 2.35. The van der Waals surface area contributed by atoms with Crippen molar-refractivity contribution in [1.29, 1.82) is 0 Å². The second-order valence-corrected chi connectivity index (χ2v) is 15.2. The van der Waals surface area contributed by atoms with Gasteiger partial charge in [-0.2, -0.15) is 0 Å². The van der Waals surface area contributed by atoms with Crippen LogP contribution in [-0.4, -0.2) is 5.78 Å². The Morgan fingerprint density at radius 2 is 0.757 bits per heavy atom. The van der Waals surface area contributed by atoms with Gasteiger partial charge in [-0.15, -0.1) is 0 Å². The first-order valence-electron chi connectivity index (χ1n) is 14.0. The molecule has 0 atom stereocenters. The maximum absolute atomic E-state index is 13.7. The van der Waals surface area contributed by atoms with Gasteiger partial charge >= 0.3 is 0 Å². The highest BCUT2D eigenvalue weighted by Gasteiger charge is 2.24. The second-order valence-electron chi connectivity index (χ2n) is 15.2. The van der Waals surface area contributed by atoms with Gasteiger partial charge in [-0.25, -0.2) is 0 Å². The highest BCUT2D eigenvalue weighted by molar-refractivity contribution is 6.14. The molecule has 0 aromatic heterocycles. The first-order valence-corrected chi connectivity index (χ1v) is 14.0. The van der Waals surface area contributed by atoms with E-state index in [4.69, 9.17) is 0 Å². The van der Waals surface area contributed by atoms with Gasteiger partial charge in [0.2, 0.25) is 0 Å². The summed E-state index contributed by atoms with van der Waals surface area (Å²) in [6, 6.07) is 13.8. The van der Waals surface area contributed by atoms with E-state index in [9.17, 15) is 4.79 Å². The van der Waals surface area contributed by atoms with Crippen LogP contribution in [0.25, 0.3) is 12.2 Å². The van der Waals surface area contributed by atoms with Crippen LogP contribution in [0.2, 0.25) is 0 Å². The summed E-state index contributed by atoms with van der Waals surface area (Å²) >= 11 is 0.